The predicted octanol–water partition coefficient (Wildman–Crippen LogP) is 5.86. The van der Waals surface area contributed by atoms with E-state index in [4.69, 9.17) is 0 Å². The van der Waals surface area contributed by atoms with Gasteiger partial charge in [0, 0.05) is 0 Å². The van der Waals surface area contributed by atoms with Gasteiger partial charge in [0.2, 0.25) is 5.91 Å². The summed E-state index contributed by atoms with van der Waals surface area (Å²) in [5.74, 6) is 4.74. The second-order valence-electron chi connectivity index (χ2n) is 10.3. The molecule has 0 spiro atoms. The highest BCUT2D eigenvalue weighted by Gasteiger charge is 2.47. The summed E-state index contributed by atoms with van der Waals surface area (Å²) in [6.45, 7) is 0. The zero-order chi connectivity index (χ0) is 20.9. The number of hydrogen-bond donors (Lipinski definition) is 1. The molecule has 2 aromatic carbocycles. The third-order valence-corrected chi connectivity index (χ3v) is 9.28. The lowest BCUT2D eigenvalue weighted by atomic mass is 9.51. The molecule has 0 radical (unpaired) electrons. The molecule has 5 fully saturated rings. The van der Waals surface area contributed by atoms with Gasteiger partial charge >= 0.3 is 0 Å². The van der Waals surface area contributed by atoms with E-state index < -0.39 is 0 Å². The van der Waals surface area contributed by atoms with Crippen molar-refractivity contribution in [3.05, 3.63) is 59.7 Å². The van der Waals surface area contributed by atoms with E-state index in [-0.39, 0.29) is 16.4 Å². The van der Waals surface area contributed by atoms with E-state index in [1.54, 1.807) is 0 Å². The first kappa shape index (κ1) is 19.6. The molecule has 2 aromatic rings. The molecule has 1 heterocycles. The fraction of sp³-hybridized carbons (Fsp3) is 0.481. The van der Waals surface area contributed by atoms with Crippen molar-refractivity contribution in [3.8, 4) is 11.1 Å². The molecular weight excluding hydrogens is 402 g/mol. The quantitative estimate of drug-likeness (QED) is 0.645. The zero-order valence-electron chi connectivity index (χ0n) is 17.8. The van der Waals surface area contributed by atoms with Crippen LogP contribution in [0.4, 0.5) is 4.79 Å². The van der Waals surface area contributed by atoms with Gasteiger partial charge in [0.1, 0.15) is 0 Å². The van der Waals surface area contributed by atoms with E-state index in [0.717, 1.165) is 46.9 Å². The van der Waals surface area contributed by atoms with E-state index >= 15 is 0 Å². The lowest BCUT2D eigenvalue weighted by Crippen LogP contribution is -2.45. The lowest BCUT2D eigenvalue weighted by Gasteiger charge is -2.54. The molecule has 7 rings (SSSR count). The van der Waals surface area contributed by atoms with Crippen molar-refractivity contribution in [3.63, 3.8) is 0 Å². The standard InChI is InChI=1S/C27H29NO2S/c29-26-25(31-27(30)28-26)15-16-4-6-20(7-5-16)21-3-1-2-17(9-21)14-24-22-10-18-8-19(12-22)13-23(24)11-18/h1-7,9,18-19,22-25H,8,10-15H2,(H,28,29,30). The van der Waals surface area contributed by atoms with Gasteiger partial charge in [-0.25, -0.2) is 0 Å². The highest BCUT2D eigenvalue weighted by Crippen LogP contribution is 2.57. The fourth-order valence-electron chi connectivity index (χ4n) is 7.10. The van der Waals surface area contributed by atoms with Crippen molar-refractivity contribution in [2.24, 2.45) is 29.6 Å². The van der Waals surface area contributed by atoms with Crippen LogP contribution in [-0.2, 0) is 17.6 Å². The van der Waals surface area contributed by atoms with Crippen molar-refractivity contribution in [1.29, 1.82) is 0 Å². The summed E-state index contributed by atoms with van der Waals surface area (Å²) in [4.78, 5) is 23.2. The number of thioether (sulfide) groups is 1. The number of benzene rings is 2. The molecule has 1 atom stereocenters. The molecule has 3 nitrogen and oxygen atoms in total. The van der Waals surface area contributed by atoms with Crippen molar-refractivity contribution >= 4 is 22.9 Å². The fourth-order valence-corrected chi connectivity index (χ4v) is 7.96. The summed E-state index contributed by atoms with van der Waals surface area (Å²) >= 11 is 1.10. The SMILES string of the molecule is O=C1NC(=O)C(Cc2ccc(-c3cccc(CC4C5CC6CC(C5)CC4C6)c3)cc2)S1. The third kappa shape index (κ3) is 3.84. The molecule has 4 aliphatic carbocycles. The molecule has 160 valence electrons. The average molecular weight is 432 g/mol. The smallest absolute Gasteiger partial charge is 0.286 e. The van der Waals surface area contributed by atoms with Crippen LogP contribution in [0.2, 0.25) is 0 Å². The Morgan fingerprint density at radius 1 is 0.774 bits per heavy atom. The maximum atomic E-state index is 11.8. The van der Waals surface area contributed by atoms with Crippen LogP contribution in [0.5, 0.6) is 0 Å². The number of amides is 2. The van der Waals surface area contributed by atoms with Crippen LogP contribution in [0.15, 0.2) is 48.5 Å². The summed E-state index contributed by atoms with van der Waals surface area (Å²) in [6.07, 6.45) is 9.30. The minimum Gasteiger partial charge on any atom is -0.286 e. The van der Waals surface area contributed by atoms with Crippen LogP contribution in [0.3, 0.4) is 0 Å². The molecule has 4 saturated carbocycles. The summed E-state index contributed by atoms with van der Waals surface area (Å²) in [6, 6.07) is 17.6. The predicted molar refractivity (Wildman–Crippen MR) is 125 cm³/mol. The summed E-state index contributed by atoms with van der Waals surface area (Å²) in [7, 11) is 0. The van der Waals surface area contributed by atoms with Crippen molar-refractivity contribution < 1.29 is 9.59 Å². The van der Waals surface area contributed by atoms with Crippen molar-refractivity contribution in [2.45, 2.75) is 50.2 Å². The highest BCUT2D eigenvalue weighted by atomic mass is 32.2. The van der Waals surface area contributed by atoms with Gasteiger partial charge in [0.25, 0.3) is 5.24 Å². The maximum absolute atomic E-state index is 11.8. The van der Waals surface area contributed by atoms with Gasteiger partial charge in [-0.3, -0.25) is 14.9 Å². The van der Waals surface area contributed by atoms with Gasteiger partial charge in [0.15, 0.2) is 0 Å². The zero-order valence-corrected chi connectivity index (χ0v) is 18.6. The van der Waals surface area contributed by atoms with Crippen LogP contribution >= 0.6 is 11.8 Å². The summed E-state index contributed by atoms with van der Waals surface area (Å²) in [5.41, 5.74) is 5.07. The molecule has 0 aromatic heterocycles. The second-order valence-corrected chi connectivity index (χ2v) is 11.5. The Hall–Kier alpha value is -2.07. The number of hydrogen-bond acceptors (Lipinski definition) is 3. The molecule has 4 bridgehead atoms. The van der Waals surface area contributed by atoms with Gasteiger partial charge in [-0.2, -0.15) is 0 Å². The first-order valence-electron chi connectivity index (χ1n) is 11.8. The van der Waals surface area contributed by atoms with Gasteiger partial charge in [-0.1, -0.05) is 60.3 Å². The minimum atomic E-state index is -0.303. The maximum Gasteiger partial charge on any atom is 0.286 e. The Morgan fingerprint density at radius 3 is 2.13 bits per heavy atom. The Morgan fingerprint density at radius 2 is 1.48 bits per heavy atom. The highest BCUT2D eigenvalue weighted by molar-refractivity contribution is 8.15. The summed E-state index contributed by atoms with van der Waals surface area (Å²) < 4.78 is 0. The third-order valence-electron chi connectivity index (χ3n) is 8.30. The van der Waals surface area contributed by atoms with Crippen LogP contribution in [0, 0.1) is 29.6 Å². The van der Waals surface area contributed by atoms with Crippen molar-refractivity contribution in [2.75, 3.05) is 0 Å². The van der Waals surface area contributed by atoms with E-state index in [0.29, 0.717) is 6.42 Å². The average Bonchev–Trinajstić information content (AvgIpc) is 3.07. The van der Waals surface area contributed by atoms with Crippen molar-refractivity contribution in [1.82, 2.24) is 5.32 Å². The molecular formula is C27H29NO2S. The molecule has 2 amide bonds. The van der Waals surface area contributed by atoms with Gasteiger partial charge in [-0.05, 0) is 96.8 Å². The molecule has 1 saturated heterocycles. The van der Waals surface area contributed by atoms with Crippen LogP contribution in [-0.4, -0.2) is 16.4 Å². The first-order chi connectivity index (χ1) is 15.1. The van der Waals surface area contributed by atoms with Crippen LogP contribution < -0.4 is 5.32 Å². The number of imide groups is 1. The van der Waals surface area contributed by atoms with E-state index in [2.05, 4.69) is 53.8 Å². The Kier molecular flexibility index (Phi) is 4.94. The van der Waals surface area contributed by atoms with Gasteiger partial charge in [-0.15, -0.1) is 0 Å². The summed E-state index contributed by atoms with van der Waals surface area (Å²) in [5, 5.41) is 1.83. The monoisotopic (exact) mass is 431 g/mol. The molecule has 4 heteroatoms. The number of rotatable bonds is 5. The molecule has 1 unspecified atom stereocenters. The minimum absolute atomic E-state index is 0.170. The molecule has 31 heavy (non-hydrogen) atoms. The van der Waals surface area contributed by atoms with Gasteiger partial charge in [0.05, 0.1) is 5.25 Å². The number of carbonyl (C=O) groups is 2. The van der Waals surface area contributed by atoms with E-state index in [1.807, 2.05) is 0 Å². The topological polar surface area (TPSA) is 46.2 Å². The largest absolute Gasteiger partial charge is 0.286 e. The first-order valence-corrected chi connectivity index (χ1v) is 12.7. The van der Waals surface area contributed by atoms with E-state index in [1.165, 1.54) is 55.2 Å². The Labute approximate surface area is 188 Å². The second kappa shape index (κ2) is 7.81. The van der Waals surface area contributed by atoms with Crippen LogP contribution in [0.25, 0.3) is 11.1 Å². The molecule has 1 N–H and O–H groups in total. The van der Waals surface area contributed by atoms with Gasteiger partial charge < -0.3 is 0 Å². The normalized spacial score (nSPS) is 33.7. The lowest BCUT2D eigenvalue weighted by molar-refractivity contribution is -0.118. The molecule has 1 aliphatic heterocycles. The van der Waals surface area contributed by atoms with Crippen LogP contribution in [0.1, 0.15) is 43.2 Å². The Balaban J connectivity index is 1.15. The number of nitrogens with one attached hydrogen (secondary N) is 1. The molecule has 5 aliphatic rings. The van der Waals surface area contributed by atoms with E-state index in [9.17, 15) is 9.59 Å². The number of carbonyl (C=O) groups excluding carboxylic acids is 2. The Bertz CT molecular complexity index is 986.